The number of rotatable bonds is 7. The van der Waals surface area contributed by atoms with Crippen LogP contribution in [0.5, 0.6) is 0 Å². The van der Waals surface area contributed by atoms with Gasteiger partial charge in [-0.2, -0.15) is 0 Å². The van der Waals surface area contributed by atoms with Gasteiger partial charge in [0.05, 0.1) is 17.6 Å². The van der Waals surface area contributed by atoms with Crippen LogP contribution in [0.25, 0.3) is 0 Å². The van der Waals surface area contributed by atoms with E-state index in [9.17, 15) is 14.8 Å². The first-order chi connectivity index (χ1) is 9.90. The molecule has 0 aromatic heterocycles. The van der Waals surface area contributed by atoms with E-state index in [1.807, 2.05) is 0 Å². The Labute approximate surface area is 120 Å². The van der Waals surface area contributed by atoms with Gasteiger partial charge in [-0.05, 0) is 12.1 Å². The van der Waals surface area contributed by atoms with Crippen molar-refractivity contribution in [2.45, 2.75) is 13.2 Å². The van der Waals surface area contributed by atoms with Gasteiger partial charge in [0.1, 0.15) is 0 Å². The molecule has 9 heteroatoms. The molecule has 114 valence electrons. The standard InChI is InChI=1S/C12H15N3O6/c1-9(20-12(18)10-6-4-3-5-7-10)21-13-15(19)14(2)8-11(16)17/h3-7,9H,8H2,1-2H3,(H,16,17). The van der Waals surface area contributed by atoms with Crippen LogP contribution in [0.15, 0.2) is 35.6 Å². The highest BCUT2D eigenvalue weighted by molar-refractivity contribution is 5.89. The molecule has 1 atom stereocenters. The average Bonchev–Trinajstić information content (AvgIpc) is 2.44. The lowest BCUT2D eigenvalue weighted by atomic mass is 10.2. The van der Waals surface area contributed by atoms with Crippen LogP contribution in [0.4, 0.5) is 0 Å². The third kappa shape index (κ3) is 5.76. The molecular formula is C12H15N3O6. The number of carbonyl (C=O) groups excluding carboxylic acids is 1. The first-order valence-electron chi connectivity index (χ1n) is 5.93. The summed E-state index contributed by atoms with van der Waals surface area (Å²) in [5.74, 6) is -1.83. The van der Waals surface area contributed by atoms with Gasteiger partial charge in [0.25, 0.3) is 6.29 Å². The first kappa shape index (κ1) is 16.2. The maximum atomic E-state index is 11.7. The van der Waals surface area contributed by atoms with E-state index in [1.165, 1.54) is 14.0 Å². The number of nitrogens with zero attached hydrogens (tertiary/aromatic N) is 3. The van der Waals surface area contributed by atoms with Crippen molar-refractivity contribution in [1.82, 2.24) is 5.01 Å². The van der Waals surface area contributed by atoms with Crippen LogP contribution in [0.3, 0.4) is 0 Å². The maximum absolute atomic E-state index is 11.7. The summed E-state index contributed by atoms with van der Waals surface area (Å²) in [5, 5.41) is 23.6. The van der Waals surface area contributed by atoms with Crippen molar-refractivity contribution in [2.75, 3.05) is 13.6 Å². The van der Waals surface area contributed by atoms with Gasteiger partial charge in [-0.3, -0.25) is 9.63 Å². The summed E-state index contributed by atoms with van der Waals surface area (Å²) in [6.07, 6.45) is -1.10. The summed E-state index contributed by atoms with van der Waals surface area (Å²) in [5.41, 5.74) is 0.329. The number of aliphatic carboxylic acids is 1. The SMILES string of the molecule is CC(ON=[N+]([O-])N(C)CC(=O)O)OC(=O)c1ccccc1. The smallest absolute Gasteiger partial charge is 0.341 e. The number of likely N-dealkylation sites (N-methyl/N-ethyl adjacent to an activating group) is 1. The fourth-order valence-corrected chi connectivity index (χ4v) is 1.24. The van der Waals surface area contributed by atoms with E-state index in [0.29, 0.717) is 5.56 Å². The average molecular weight is 297 g/mol. The largest absolute Gasteiger partial charge is 0.569 e. The quantitative estimate of drug-likeness (QED) is 0.262. The number of hydrogen-bond acceptors (Lipinski definition) is 6. The molecule has 21 heavy (non-hydrogen) atoms. The number of hydrazine groups is 1. The lowest BCUT2D eigenvalue weighted by Crippen LogP contribution is -2.32. The van der Waals surface area contributed by atoms with Crippen LogP contribution in [-0.2, 0) is 14.4 Å². The summed E-state index contributed by atoms with van der Waals surface area (Å²) in [6, 6.07) is 8.22. The minimum Gasteiger partial charge on any atom is -0.569 e. The molecule has 1 N–H and O–H groups in total. The monoisotopic (exact) mass is 297 g/mol. The molecule has 1 aromatic rings. The Balaban J connectivity index is 2.48. The number of benzene rings is 1. The second-order valence-electron chi connectivity index (χ2n) is 3.99. The zero-order valence-corrected chi connectivity index (χ0v) is 11.5. The molecule has 1 aromatic carbocycles. The third-order valence-electron chi connectivity index (χ3n) is 2.20. The molecule has 0 radical (unpaired) electrons. The van der Waals surface area contributed by atoms with Crippen LogP contribution in [0.2, 0.25) is 0 Å². The molecule has 0 amide bonds. The van der Waals surface area contributed by atoms with Crippen LogP contribution >= 0.6 is 0 Å². The Morgan fingerprint density at radius 2 is 2.05 bits per heavy atom. The van der Waals surface area contributed by atoms with Crippen molar-refractivity contribution in [1.29, 1.82) is 0 Å². The van der Waals surface area contributed by atoms with Gasteiger partial charge in [0, 0.05) is 6.92 Å². The summed E-state index contributed by atoms with van der Waals surface area (Å²) >= 11 is 0. The molecule has 0 bridgehead atoms. The van der Waals surface area contributed by atoms with Crippen molar-refractivity contribution in [3.63, 3.8) is 0 Å². The molecule has 9 nitrogen and oxygen atoms in total. The molecule has 0 fully saturated rings. The highest BCUT2D eigenvalue weighted by Gasteiger charge is 2.15. The number of hydrogen-bond donors (Lipinski definition) is 1. The van der Waals surface area contributed by atoms with Crippen molar-refractivity contribution in [3.05, 3.63) is 41.1 Å². The second kappa shape index (κ2) is 7.68. The summed E-state index contributed by atoms with van der Waals surface area (Å²) in [4.78, 5) is 26.7. The highest BCUT2D eigenvalue weighted by atomic mass is 16.8. The Morgan fingerprint density at radius 1 is 1.43 bits per heavy atom. The van der Waals surface area contributed by atoms with Crippen LogP contribution in [0.1, 0.15) is 17.3 Å². The van der Waals surface area contributed by atoms with Gasteiger partial charge < -0.3 is 15.1 Å². The molecule has 0 heterocycles. The van der Waals surface area contributed by atoms with Gasteiger partial charge in [-0.25, -0.2) is 4.79 Å². The van der Waals surface area contributed by atoms with E-state index in [2.05, 4.69) is 10.1 Å². The topological polar surface area (TPSA) is 114 Å². The maximum Gasteiger partial charge on any atom is 0.341 e. The summed E-state index contributed by atoms with van der Waals surface area (Å²) in [6.45, 7) is 0.823. The summed E-state index contributed by atoms with van der Waals surface area (Å²) < 4.78 is 4.89. The number of ether oxygens (including phenoxy) is 1. The Kier molecular flexibility index (Phi) is 5.93. The van der Waals surface area contributed by atoms with E-state index in [-0.39, 0.29) is 4.97 Å². The van der Waals surface area contributed by atoms with E-state index in [4.69, 9.17) is 9.84 Å². The Bertz CT molecular complexity index is 519. The Morgan fingerprint density at radius 3 is 2.62 bits per heavy atom. The van der Waals surface area contributed by atoms with Gasteiger partial charge in [0.2, 0.25) is 5.28 Å². The lowest BCUT2D eigenvalue weighted by molar-refractivity contribution is -0.705. The second-order valence-corrected chi connectivity index (χ2v) is 3.99. The molecule has 0 aliphatic carbocycles. The molecule has 0 aliphatic rings. The third-order valence-corrected chi connectivity index (χ3v) is 2.20. The predicted molar refractivity (Wildman–Crippen MR) is 68.7 cm³/mol. The zero-order valence-electron chi connectivity index (χ0n) is 11.5. The molecule has 0 saturated heterocycles. The van der Waals surface area contributed by atoms with Crippen molar-refractivity contribution >= 4 is 11.9 Å². The van der Waals surface area contributed by atoms with Crippen molar-refractivity contribution in [2.24, 2.45) is 5.28 Å². The van der Waals surface area contributed by atoms with E-state index in [0.717, 1.165) is 5.01 Å². The molecule has 1 unspecified atom stereocenters. The van der Waals surface area contributed by atoms with Gasteiger partial charge in [0.15, 0.2) is 6.54 Å². The minimum atomic E-state index is -1.20. The number of carboxylic acids is 1. The number of carbonyl (C=O) groups is 2. The molecule has 1 rings (SSSR count). The molecule has 0 aliphatic heterocycles. The number of esters is 1. The molecular weight excluding hydrogens is 282 g/mol. The van der Waals surface area contributed by atoms with Gasteiger partial charge >= 0.3 is 11.9 Å². The van der Waals surface area contributed by atoms with E-state index in [1.54, 1.807) is 30.3 Å². The van der Waals surface area contributed by atoms with Gasteiger partial charge in [-0.1, -0.05) is 18.2 Å². The van der Waals surface area contributed by atoms with Gasteiger partial charge in [-0.15, -0.1) is 5.01 Å². The lowest BCUT2D eigenvalue weighted by Gasteiger charge is -2.12. The minimum absolute atomic E-state index is 0.0546. The van der Waals surface area contributed by atoms with E-state index >= 15 is 0 Å². The normalized spacial score (nSPS) is 12.4. The summed E-state index contributed by atoms with van der Waals surface area (Å²) in [7, 11) is 1.22. The first-order valence-corrected chi connectivity index (χ1v) is 5.93. The number of carboxylic acid groups (broad SMARTS) is 1. The van der Waals surface area contributed by atoms with Crippen molar-refractivity contribution in [3.8, 4) is 0 Å². The highest BCUT2D eigenvalue weighted by Crippen LogP contribution is 2.05. The molecule has 0 spiro atoms. The van der Waals surface area contributed by atoms with Crippen molar-refractivity contribution < 1.29 is 29.2 Å². The fraction of sp³-hybridized carbons (Fsp3) is 0.333. The predicted octanol–water partition coefficient (Wildman–Crippen LogP) is 1.01. The Hall–Kier alpha value is -2.84. The molecule has 0 saturated carbocycles. The van der Waals surface area contributed by atoms with Crippen LogP contribution in [-0.4, -0.2) is 46.9 Å². The van der Waals surface area contributed by atoms with E-state index < -0.39 is 24.8 Å². The van der Waals surface area contributed by atoms with Crippen LogP contribution in [0, 0.1) is 5.21 Å². The van der Waals surface area contributed by atoms with Crippen LogP contribution < -0.4 is 0 Å². The fourth-order valence-electron chi connectivity index (χ4n) is 1.24. The zero-order chi connectivity index (χ0) is 15.8.